The van der Waals surface area contributed by atoms with Crippen LogP contribution in [0.3, 0.4) is 0 Å². The van der Waals surface area contributed by atoms with E-state index < -0.39 is 78.5 Å². The maximum atomic E-state index is 13.7. The van der Waals surface area contributed by atoms with E-state index in [2.05, 4.69) is 16.0 Å². The number of hydrogen-bond donors (Lipinski definition) is 4. The van der Waals surface area contributed by atoms with Gasteiger partial charge >= 0.3 is 17.9 Å². The predicted octanol–water partition coefficient (Wildman–Crippen LogP) is 5.04. The number of aliphatic hydroxyl groups excluding tert-OH is 1. The molecule has 72 heavy (non-hydrogen) atoms. The molecule has 1 saturated heterocycles. The maximum absolute atomic E-state index is 13.7. The summed E-state index contributed by atoms with van der Waals surface area (Å²) in [5.41, 5.74) is -1.43. The topological polar surface area (TPSA) is 267 Å². The van der Waals surface area contributed by atoms with Crippen molar-refractivity contribution in [2.45, 2.75) is 104 Å². The summed E-state index contributed by atoms with van der Waals surface area (Å²) in [6.07, 6.45) is 3.26. The standard InChI is InChI=1S/C51H61N4O16P/c1-49(2,3)46(60)67-31-15-18-34-37(24-31)69-38-25-32(68-47(61)50(4,5)6)16-19-35(38)51(34)36-23-29(13-17-33(36)45(59)71-51)43(57)53-22-12-10-9-11-21-52-41(56)20-14-30-27-55(48(62)54-44(30)58)42-26-39(65-7)40(70-42)28-66-72(8,63)64/h13-20,23-25,27,39-40,42,48,62H,9-12,21-22,26,28H2,1-8H3,(H,52,56)(H,53,57)(H,54,58)(H,63,64)/p-1/b20-14+/t39?,40-,42-,48?/m1/s1. The molecule has 4 N–H and O–H groups in total. The van der Waals surface area contributed by atoms with Gasteiger partial charge in [-0.25, -0.2) is 4.79 Å². The Hall–Kier alpha value is -6.41. The molecule has 0 radical (unpaired) electrons. The van der Waals surface area contributed by atoms with E-state index in [4.69, 9.17) is 32.9 Å². The number of hydrogen-bond acceptors (Lipinski definition) is 17. The zero-order chi connectivity index (χ0) is 52.3. The number of unbranched alkanes of at least 4 members (excludes halogenated alkanes) is 3. The molecule has 3 aromatic rings. The fourth-order valence-electron chi connectivity index (χ4n) is 8.23. The summed E-state index contributed by atoms with van der Waals surface area (Å²) < 4.78 is 51.8. The Kier molecular flexibility index (Phi) is 15.8. The molecule has 3 aromatic carbocycles. The van der Waals surface area contributed by atoms with Crippen molar-refractivity contribution in [3.05, 3.63) is 106 Å². The summed E-state index contributed by atoms with van der Waals surface area (Å²) in [4.78, 5) is 91.2. The minimum atomic E-state index is -4.02. The molecule has 4 aliphatic rings. The van der Waals surface area contributed by atoms with Crippen molar-refractivity contribution in [2.75, 3.05) is 33.5 Å². The van der Waals surface area contributed by atoms with Gasteiger partial charge in [-0.15, -0.1) is 0 Å². The number of nitrogens with zero attached hydrogens (tertiary/aromatic N) is 1. The van der Waals surface area contributed by atoms with Crippen LogP contribution in [0.15, 0.2) is 78.5 Å². The number of aliphatic hydroxyl groups is 1. The third-order valence-corrected chi connectivity index (χ3v) is 12.8. The van der Waals surface area contributed by atoms with Crippen LogP contribution in [0.4, 0.5) is 0 Å². The maximum Gasteiger partial charge on any atom is 0.340 e. The number of carbonyl (C=O) groups is 6. The largest absolute Gasteiger partial charge is 0.779 e. The second kappa shape index (κ2) is 21.4. The average Bonchev–Trinajstić information content (AvgIpc) is 3.85. The Morgan fingerprint density at radius 1 is 0.875 bits per heavy atom. The molecular weight excluding hydrogens is 956 g/mol. The summed E-state index contributed by atoms with van der Waals surface area (Å²) in [6.45, 7) is 11.7. The SMILES string of the molecule is COC1C[C@H](N2C=C(/C=C/C(=O)NCCCCCCNC(=O)c3ccc4c(c3)C3(OC4=O)c4ccc(OC(=O)C(C)(C)C)cc4Oc4cc(OC(=O)C(C)(C)C)ccc43)C(=O)NC2O)O[C@@H]1COP(C)(=O)[O-]. The number of fused-ring (bicyclic) bond motifs is 6. The van der Waals surface area contributed by atoms with Crippen LogP contribution in [0.25, 0.3) is 0 Å². The van der Waals surface area contributed by atoms with Crippen LogP contribution in [0, 0.1) is 10.8 Å². The fraction of sp³-hybridized carbons (Fsp3) is 0.451. The van der Waals surface area contributed by atoms with Gasteiger partial charge in [-0.05, 0) is 103 Å². The second-order valence-electron chi connectivity index (χ2n) is 19.9. The van der Waals surface area contributed by atoms with Gasteiger partial charge in [-0.2, -0.15) is 0 Å². The summed E-state index contributed by atoms with van der Waals surface area (Å²) in [7, 11) is -2.59. The number of esters is 3. The Morgan fingerprint density at radius 2 is 1.47 bits per heavy atom. The van der Waals surface area contributed by atoms with Crippen molar-refractivity contribution in [2.24, 2.45) is 10.8 Å². The normalized spacial score (nSPS) is 20.8. The van der Waals surface area contributed by atoms with Gasteiger partial charge in [0.15, 0.2) is 5.60 Å². The minimum Gasteiger partial charge on any atom is -0.779 e. The first-order chi connectivity index (χ1) is 33.9. The zero-order valence-corrected chi connectivity index (χ0v) is 42.3. The highest BCUT2D eigenvalue weighted by Gasteiger charge is 2.54. The Balaban J connectivity index is 0.944. The summed E-state index contributed by atoms with van der Waals surface area (Å²) in [5, 5.41) is 18.7. The first-order valence-corrected chi connectivity index (χ1v) is 25.5. The highest BCUT2D eigenvalue weighted by molar-refractivity contribution is 7.50. The van der Waals surface area contributed by atoms with Gasteiger partial charge in [0.05, 0.1) is 34.7 Å². The number of nitrogens with one attached hydrogen (secondary N) is 3. The van der Waals surface area contributed by atoms with Crippen LogP contribution in [0.5, 0.6) is 23.0 Å². The van der Waals surface area contributed by atoms with Gasteiger partial charge in [0.2, 0.25) is 12.3 Å². The third kappa shape index (κ3) is 12.1. The molecule has 0 aromatic heterocycles. The predicted molar refractivity (Wildman–Crippen MR) is 255 cm³/mol. The van der Waals surface area contributed by atoms with E-state index in [1.165, 1.54) is 42.5 Å². The molecule has 0 saturated carbocycles. The van der Waals surface area contributed by atoms with E-state index in [-0.39, 0.29) is 58.6 Å². The lowest BCUT2D eigenvalue weighted by Crippen LogP contribution is -2.53. The van der Waals surface area contributed by atoms with Crippen LogP contribution < -0.4 is 35.1 Å². The first kappa shape index (κ1) is 53.4. The van der Waals surface area contributed by atoms with Crippen LogP contribution in [-0.2, 0) is 48.1 Å². The van der Waals surface area contributed by atoms with Crippen molar-refractivity contribution in [1.82, 2.24) is 20.9 Å². The van der Waals surface area contributed by atoms with Crippen molar-refractivity contribution < 1.29 is 76.3 Å². The minimum absolute atomic E-state index is 0.0689. The van der Waals surface area contributed by atoms with Gasteiger partial charge in [-0.3, -0.25) is 24.0 Å². The highest BCUT2D eigenvalue weighted by Crippen LogP contribution is 2.57. The van der Waals surface area contributed by atoms with E-state index in [1.54, 1.807) is 84.0 Å². The van der Waals surface area contributed by atoms with Crippen molar-refractivity contribution in [3.63, 3.8) is 0 Å². The van der Waals surface area contributed by atoms with E-state index in [0.717, 1.165) is 19.5 Å². The lowest BCUT2D eigenvalue weighted by atomic mass is 9.77. The number of carbonyl (C=O) groups excluding carboxylic acids is 6. The monoisotopic (exact) mass is 1020 g/mol. The van der Waals surface area contributed by atoms with E-state index in [0.29, 0.717) is 42.6 Å². The van der Waals surface area contributed by atoms with Gasteiger partial charge < -0.3 is 68.4 Å². The number of amides is 3. The molecule has 7 rings (SSSR count). The zero-order valence-electron chi connectivity index (χ0n) is 41.4. The second-order valence-corrected chi connectivity index (χ2v) is 21.7. The molecule has 20 nitrogen and oxygen atoms in total. The number of methoxy groups -OCH3 is 1. The molecule has 21 heteroatoms. The van der Waals surface area contributed by atoms with Gasteiger partial charge in [0.1, 0.15) is 42.9 Å². The molecule has 4 heterocycles. The van der Waals surface area contributed by atoms with Gasteiger partial charge in [-0.1, -0.05) is 12.8 Å². The Labute approximate surface area is 416 Å². The molecule has 0 aliphatic carbocycles. The molecular formula is C51H60N4O16P-. The van der Waals surface area contributed by atoms with Crippen molar-refractivity contribution in [1.29, 1.82) is 0 Å². The Morgan fingerprint density at radius 3 is 2.04 bits per heavy atom. The van der Waals surface area contributed by atoms with Crippen molar-refractivity contribution >= 4 is 43.2 Å². The Bertz CT molecular complexity index is 2660. The van der Waals surface area contributed by atoms with Crippen molar-refractivity contribution in [3.8, 4) is 23.0 Å². The molecule has 3 unspecified atom stereocenters. The molecule has 1 spiro atoms. The summed E-state index contributed by atoms with van der Waals surface area (Å²) in [6, 6.07) is 14.2. The average molecular weight is 1020 g/mol. The third-order valence-electron chi connectivity index (χ3n) is 12.1. The van der Waals surface area contributed by atoms with Crippen LogP contribution in [-0.4, -0.2) is 104 Å². The smallest absolute Gasteiger partial charge is 0.340 e. The number of benzene rings is 3. The quantitative estimate of drug-likeness (QED) is 0.0453. The molecule has 4 aliphatic heterocycles. The fourth-order valence-corrected chi connectivity index (χ4v) is 8.65. The molecule has 3 amide bonds. The molecule has 0 bridgehead atoms. The number of ether oxygens (including phenoxy) is 6. The van der Waals surface area contributed by atoms with E-state index in [9.17, 15) is 43.3 Å². The van der Waals surface area contributed by atoms with E-state index in [1.807, 2.05) is 0 Å². The molecule has 5 atom stereocenters. The number of rotatable bonds is 17. The van der Waals surface area contributed by atoms with Crippen LogP contribution in [0.2, 0.25) is 0 Å². The molecule has 1 fully saturated rings. The van der Waals surface area contributed by atoms with Crippen LogP contribution in [0.1, 0.15) is 111 Å². The summed E-state index contributed by atoms with van der Waals surface area (Å²) >= 11 is 0. The lowest BCUT2D eigenvalue weighted by Gasteiger charge is -2.37. The van der Waals surface area contributed by atoms with Gasteiger partial charge in [0.25, 0.3) is 11.8 Å². The molecule has 386 valence electrons. The first-order valence-electron chi connectivity index (χ1n) is 23.5. The van der Waals surface area contributed by atoms with E-state index >= 15 is 0 Å². The summed E-state index contributed by atoms with van der Waals surface area (Å²) in [5.74, 6) is -2.24. The highest BCUT2D eigenvalue weighted by atomic mass is 31.2. The lowest BCUT2D eigenvalue weighted by molar-refractivity contribution is -0.201. The van der Waals surface area contributed by atoms with Crippen LogP contribution >= 0.6 is 7.60 Å². The van der Waals surface area contributed by atoms with Gasteiger partial charge in [0, 0.05) is 79.9 Å².